The fourth-order valence-corrected chi connectivity index (χ4v) is 4.39. The zero-order valence-corrected chi connectivity index (χ0v) is 19.8. The fraction of sp³-hybridized carbons (Fsp3) is 0.308. The van der Waals surface area contributed by atoms with Gasteiger partial charge in [0.15, 0.2) is 0 Å². The summed E-state index contributed by atoms with van der Waals surface area (Å²) in [5.41, 5.74) is 1.38. The van der Waals surface area contributed by atoms with Gasteiger partial charge in [-0.1, -0.05) is 30.3 Å². The summed E-state index contributed by atoms with van der Waals surface area (Å²) in [6.45, 7) is 3.75. The number of halogens is 1. The van der Waals surface area contributed by atoms with E-state index in [1.165, 1.54) is 34.0 Å². The zero-order valence-electron chi connectivity index (χ0n) is 19.0. The standard InChI is InChI=1S/C26H29FN2O3S/c1-20-9-14-24(33-20)18-29(17-21-7-4-3-5-8-21)25(30)19-28(15-6-16-32-2)26(31)22-10-12-23(27)13-11-22/h3-5,7-14H,6,15-19H2,1-2H3. The molecule has 0 aliphatic carbocycles. The summed E-state index contributed by atoms with van der Waals surface area (Å²) in [5.74, 6) is -0.849. The Bertz CT molecular complexity index is 1040. The van der Waals surface area contributed by atoms with Gasteiger partial charge in [0.1, 0.15) is 12.4 Å². The van der Waals surface area contributed by atoms with Crippen molar-refractivity contribution in [2.45, 2.75) is 26.4 Å². The van der Waals surface area contributed by atoms with Gasteiger partial charge < -0.3 is 14.5 Å². The van der Waals surface area contributed by atoms with Crippen LogP contribution in [0, 0.1) is 12.7 Å². The number of aryl methyl sites for hydroxylation is 1. The van der Waals surface area contributed by atoms with Gasteiger partial charge in [0.05, 0.1) is 6.54 Å². The Hall–Kier alpha value is -3.03. The van der Waals surface area contributed by atoms with E-state index in [0.717, 1.165) is 10.4 Å². The number of amides is 2. The normalized spacial score (nSPS) is 10.8. The maximum atomic E-state index is 13.4. The smallest absolute Gasteiger partial charge is 0.254 e. The van der Waals surface area contributed by atoms with Gasteiger partial charge >= 0.3 is 0 Å². The highest BCUT2D eigenvalue weighted by Crippen LogP contribution is 2.19. The summed E-state index contributed by atoms with van der Waals surface area (Å²) < 4.78 is 18.5. The van der Waals surface area contributed by atoms with Crippen molar-refractivity contribution in [1.82, 2.24) is 9.80 Å². The third-order valence-corrected chi connectivity index (χ3v) is 6.18. The molecule has 3 aromatic rings. The number of benzene rings is 2. The Morgan fingerprint density at radius 3 is 2.30 bits per heavy atom. The molecule has 5 nitrogen and oxygen atoms in total. The summed E-state index contributed by atoms with van der Waals surface area (Å²) in [5, 5.41) is 0. The van der Waals surface area contributed by atoms with Crippen LogP contribution < -0.4 is 0 Å². The van der Waals surface area contributed by atoms with Gasteiger partial charge in [0.25, 0.3) is 5.91 Å². The second-order valence-corrected chi connectivity index (χ2v) is 9.20. The van der Waals surface area contributed by atoms with E-state index < -0.39 is 5.82 Å². The molecule has 1 aromatic heterocycles. The van der Waals surface area contributed by atoms with Crippen molar-refractivity contribution in [1.29, 1.82) is 0 Å². The summed E-state index contributed by atoms with van der Waals surface area (Å²) in [4.78, 5) is 32.1. The highest BCUT2D eigenvalue weighted by Gasteiger charge is 2.23. The van der Waals surface area contributed by atoms with Crippen LogP contribution in [0.25, 0.3) is 0 Å². The number of methoxy groups -OCH3 is 1. The predicted octanol–water partition coefficient (Wildman–Crippen LogP) is 4.90. The Kier molecular flexibility index (Phi) is 9.15. The number of thiophene rings is 1. The topological polar surface area (TPSA) is 49.9 Å². The molecule has 2 aromatic carbocycles. The summed E-state index contributed by atoms with van der Waals surface area (Å²) in [7, 11) is 1.60. The minimum absolute atomic E-state index is 0.0584. The average Bonchev–Trinajstić information content (AvgIpc) is 3.23. The molecule has 0 spiro atoms. The lowest BCUT2D eigenvalue weighted by molar-refractivity contribution is -0.133. The van der Waals surface area contributed by atoms with Gasteiger partial charge in [-0.15, -0.1) is 11.3 Å². The third-order valence-electron chi connectivity index (χ3n) is 5.19. The van der Waals surface area contributed by atoms with E-state index in [1.54, 1.807) is 23.3 Å². The summed E-state index contributed by atoms with van der Waals surface area (Å²) in [6.07, 6.45) is 0.597. The number of ether oxygens (including phenoxy) is 1. The van der Waals surface area contributed by atoms with Gasteiger partial charge in [0.2, 0.25) is 5.91 Å². The molecule has 33 heavy (non-hydrogen) atoms. The van der Waals surface area contributed by atoms with Crippen LogP contribution >= 0.6 is 11.3 Å². The quantitative estimate of drug-likeness (QED) is 0.376. The van der Waals surface area contributed by atoms with Crippen LogP contribution in [0.5, 0.6) is 0 Å². The van der Waals surface area contributed by atoms with Crippen LogP contribution in [-0.2, 0) is 22.6 Å². The monoisotopic (exact) mass is 468 g/mol. The molecule has 0 atom stereocenters. The Labute approximate surface area is 198 Å². The molecule has 3 rings (SSSR count). The maximum Gasteiger partial charge on any atom is 0.254 e. The first kappa shape index (κ1) is 24.6. The molecule has 0 aliphatic rings. The van der Waals surface area contributed by atoms with Crippen LogP contribution in [0.1, 0.15) is 32.1 Å². The first-order valence-corrected chi connectivity index (χ1v) is 11.7. The third kappa shape index (κ3) is 7.51. The van der Waals surface area contributed by atoms with Crippen LogP contribution in [0.15, 0.2) is 66.7 Å². The van der Waals surface area contributed by atoms with E-state index in [1.807, 2.05) is 49.4 Å². The molecule has 174 valence electrons. The number of hydrogen-bond acceptors (Lipinski definition) is 4. The van der Waals surface area contributed by atoms with Crippen molar-refractivity contribution >= 4 is 23.2 Å². The van der Waals surface area contributed by atoms with Crippen molar-refractivity contribution in [2.75, 3.05) is 26.8 Å². The molecular weight excluding hydrogens is 439 g/mol. The van der Waals surface area contributed by atoms with Crippen molar-refractivity contribution in [3.63, 3.8) is 0 Å². The van der Waals surface area contributed by atoms with E-state index in [4.69, 9.17) is 4.74 Å². The molecule has 0 aliphatic heterocycles. The second kappa shape index (κ2) is 12.3. The number of carbonyl (C=O) groups excluding carboxylic acids is 2. The van der Waals surface area contributed by atoms with Gasteiger partial charge in [-0.3, -0.25) is 9.59 Å². The van der Waals surface area contributed by atoms with E-state index >= 15 is 0 Å². The summed E-state index contributed by atoms with van der Waals surface area (Å²) in [6, 6.07) is 19.3. The predicted molar refractivity (Wildman–Crippen MR) is 129 cm³/mol. The molecular formula is C26H29FN2O3S. The zero-order chi connectivity index (χ0) is 23.6. The van der Waals surface area contributed by atoms with Gasteiger partial charge in [-0.25, -0.2) is 4.39 Å². The molecule has 0 saturated carbocycles. The molecule has 0 radical (unpaired) electrons. The van der Waals surface area contributed by atoms with E-state index in [2.05, 4.69) is 0 Å². The lowest BCUT2D eigenvalue weighted by atomic mass is 10.1. The van der Waals surface area contributed by atoms with Crippen molar-refractivity contribution < 1.29 is 18.7 Å². The molecule has 0 fully saturated rings. The first-order chi connectivity index (χ1) is 16.0. The number of hydrogen-bond donors (Lipinski definition) is 0. The lowest BCUT2D eigenvalue weighted by Crippen LogP contribution is -2.43. The molecule has 0 unspecified atom stereocenters. The molecule has 0 saturated heterocycles. The van der Waals surface area contributed by atoms with E-state index in [9.17, 15) is 14.0 Å². The maximum absolute atomic E-state index is 13.4. The van der Waals surface area contributed by atoms with Crippen molar-refractivity contribution in [2.24, 2.45) is 0 Å². The van der Waals surface area contributed by atoms with Crippen LogP contribution in [0.3, 0.4) is 0 Å². The molecule has 7 heteroatoms. The van der Waals surface area contributed by atoms with Gasteiger partial charge in [0, 0.05) is 42.1 Å². The van der Waals surface area contributed by atoms with Crippen LogP contribution in [-0.4, -0.2) is 48.4 Å². The summed E-state index contributed by atoms with van der Waals surface area (Å²) >= 11 is 1.66. The van der Waals surface area contributed by atoms with Gasteiger partial charge in [-0.2, -0.15) is 0 Å². The molecule has 2 amide bonds. The van der Waals surface area contributed by atoms with E-state index in [0.29, 0.717) is 38.2 Å². The number of carbonyl (C=O) groups is 2. The average molecular weight is 469 g/mol. The highest BCUT2D eigenvalue weighted by molar-refractivity contribution is 7.11. The van der Waals surface area contributed by atoms with E-state index in [-0.39, 0.29) is 18.4 Å². The molecule has 0 bridgehead atoms. The number of rotatable bonds is 11. The largest absolute Gasteiger partial charge is 0.385 e. The van der Waals surface area contributed by atoms with Gasteiger partial charge in [-0.05, 0) is 55.3 Å². The van der Waals surface area contributed by atoms with Crippen LogP contribution in [0.4, 0.5) is 4.39 Å². The minimum atomic E-state index is -0.408. The van der Waals surface area contributed by atoms with Crippen molar-refractivity contribution in [3.8, 4) is 0 Å². The minimum Gasteiger partial charge on any atom is -0.385 e. The van der Waals surface area contributed by atoms with Crippen LogP contribution in [0.2, 0.25) is 0 Å². The SMILES string of the molecule is COCCCN(CC(=O)N(Cc1ccccc1)Cc1ccc(C)s1)C(=O)c1ccc(F)cc1. The highest BCUT2D eigenvalue weighted by atomic mass is 32.1. The molecule has 0 N–H and O–H groups in total. The fourth-order valence-electron chi connectivity index (χ4n) is 3.48. The molecule has 1 heterocycles. The first-order valence-electron chi connectivity index (χ1n) is 10.9. The Balaban J connectivity index is 1.79. The second-order valence-electron chi connectivity index (χ2n) is 7.83. The lowest BCUT2D eigenvalue weighted by Gasteiger charge is -2.28. The Morgan fingerprint density at radius 1 is 0.939 bits per heavy atom. The number of nitrogens with zero attached hydrogens (tertiary/aromatic N) is 2. The Morgan fingerprint density at radius 2 is 1.67 bits per heavy atom. The van der Waals surface area contributed by atoms with Crippen molar-refractivity contribution in [3.05, 3.63) is 93.4 Å².